The highest BCUT2D eigenvalue weighted by Gasteiger charge is 2.47. The van der Waals surface area contributed by atoms with Crippen LogP contribution in [-0.4, -0.2) is 48.9 Å². The first-order valence-electron chi connectivity index (χ1n) is 9.69. The molecule has 1 amide bonds. The molecule has 10 heteroatoms. The van der Waals surface area contributed by atoms with Gasteiger partial charge in [0.1, 0.15) is 6.10 Å². The Hall–Kier alpha value is -3.56. The summed E-state index contributed by atoms with van der Waals surface area (Å²) in [6.07, 6.45) is -0.0235. The van der Waals surface area contributed by atoms with Crippen molar-refractivity contribution in [1.82, 2.24) is 5.32 Å². The molecule has 0 radical (unpaired) electrons. The lowest BCUT2D eigenvalue weighted by Crippen LogP contribution is -2.54. The van der Waals surface area contributed by atoms with Crippen LogP contribution in [0.1, 0.15) is 43.6 Å². The van der Waals surface area contributed by atoms with Crippen LogP contribution in [0.5, 0.6) is 17.2 Å². The molecule has 2 heterocycles. The minimum atomic E-state index is -0.867. The Balaban J connectivity index is 1.90. The summed E-state index contributed by atoms with van der Waals surface area (Å²) in [5.74, 6) is -2.15. The van der Waals surface area contributed by atoms with Crippen LogP contribution >= 0.6 is 0 Å². The Bertz CT molecular complexity index is 1030. The molecule has 0 aromatic heterocycles. The Labute approximate surface area is 177 Å². The number of nitrogens with one attached hydrogen (secondary N) is 1. The maximum Gasteiger partial charge on any atom is 0.308 e. The van der Waals surface area contributed by atoms with Crippen molar-refractivity contribution in [3.8, 4) is 17.2 Å². The molecule has 3 aliphatic rings. The second kappa shape index (κ2) is 7.60. The molecule has 1 aliphatic carbocycles. The Morgan fingerprint density at radius 2 is 1.77 bits per heavy atom. The monoisotopic (exact) mass is 431 g/mol. The van der Waals surface area contributed by atoms with Crippen molar-refractivity contribution in [2.45, 2.75) is 45.9 Å². The van der Waals surface area contributed by atoms with Gasteiger partial charge in [0.15, 0.2) is 17.6 Å². The van der Waals surface area contributed by atoms with Crippen LogP contribution in [0.4, 0.5) is 0 Å². The molecular formula is C21H21NO9. The second-order valence-corrected chi connectivity index (χ2v) is 7.54. The summed E-state index contributed by atoms with van der Waals surface area (Å²) in [6.45, 7) is 5.43. The summed E-state index contributed by atoms with van der Waals surface area (Å²) in [6, 6.07) is 1.09. The van der Waals surface area contributed by atoms with E-state index in [1.165, 1.54) is 20.8 Å². The van der Waals surface area contributed by atoms with Gasteiger partial charge in [-0.1, -0.05) is 6.92 Å². The van der Waals surface area contributed by atoms with Crippen LogP contribution in [0.25, 0.3) is 5.57 Å². The Kier molecular flexibility index (Phi) is 5.08. The topological polar surface area (TPSA) is 126 Å². The molecule has 0 bridgehead atoms. The molecule has 4 atom stereocenters. The number of benzene rings is 1. The van der Waals surface area contributed by atoms with E-state index >= 15 is 0 Å². The van der Waals surface area contributed by atoms with E-state index < -0.39 is 48.0 Å². The molecule has 1 N–H and O–H groups in total. The van der Waals surface area contributed by atoms with Gasteiger partial charge in [0.25, 0.3) is 5.91 Å². The van der Waals surface area contributed by atoms with Gasteiger partial charge in [-0.05, 0) is 17.7 Å². The third kappa shape index (κ3) is 3.58. The van der Waals surface area contributed by atoms with Crippen LogP contribution in [0.2, 0.25) is 0 Å². The fraction of sp³-hybridized carbons (Fsp3) is 0.429. The summed E-state index contributed by atoms with van der Waals surface area (Å²) in [5, 5.41) is 2.88. The zero-order valence-corrected chi connectivity index (χ0v) is 17.3. The first-order valence-corrected chi connectivity index (χ1v) is 9.69. The maximum atomic E-state index is 13.1. The van der Waals surface area contributed by atoms with Crippen molar-refractivity contribution in [3.63, 3.8) is 0 Å². The fourth-order valence-electron chi connectivity index (χ4n) is 4.19. The number of amides is 1. The molecule has 0 fully saturated rings. The molecule has 31 heavy (non-hydrogen) atoms. The first-order chi connectivity index (χ1) is 14.7. The van der Waals surface area contributed by atoms with E-state index in [9.17, 15) is 19.2 Å². The number of carbonyl (C=O) groups is 4. The largest absolute Gasteiger partial charge is 0.458 e. The summed E-state index contributed by atoms with van der Waals surface area (Å²) in [7, 11) is 0. The van der Waals surface area contributed by atoms with E-state index in [4.69, 9.17) is 23.7 Å². The number of carbonyl (C=O) groups excluding carboxylic acids is 4. The normalized spacial score (nSPS) is 25.4. The van der Waals surface area contributed by atoms with E-state index in [2.05, 4.69) is 5.32 Å². The SMILES string of the molecule is CC(=O)Oc1c2c(cc3c1C(=O)NC1C3=C[C@H](OC(C)=O)[C@@H](OC(C)=O)[C@H]1C)OCO2. The third-order valence-electron chi connectivity index (χ3n) is 5.34. The molecular weight excluding hydrogens is 410 g/mol. The number of hydrogen-bond donors (Lipinski definition) is 1. The predicted molar refractivity (Wildman–Crippen MR) is 103 cm³/mol. The highest BCUT2D eigenvalue weighted by atomic mass is 16.7. The fourth-order valence-corrected chi connectivity index (χ4v) is 4.19. The van der Waals surface area contributed by atoms with Gasteiger partial charge in [-0.2, -0.15) is 0 Å². The van der Waals surface area contributed by atoms with Gasteiger partial charge >= 0.3 is 17.9 Å². The second-order valence-electron chi connectivity index (χ2n) is 7.54. The number of fused-ring (bicyclic) bond motifs is 4. The quantitative estimate of drug-likeness (QED) is 0.557. The van der Waals surface area contributed by atoms with Crippen LogP contribution in [0, 0.1) is 5.92 Å². The van der Waals surface area contributed by atoms with Gasteiger partial charge < -0.3 is 29.0 Å². The number of esters is 3. The maximum absolute atomic E-state index is 13.1. The zero-order valence-electron chi connectivity index (χ0n) is 17.3. The molecule has 0 spiro atoms. The van der Waals surface area contributed by atoms with E-state index in [0.29, 0.717) is 16.9 Å². The smallest absolute Gasteiger partial charge is 0.308 e. The van der Waals surface area contributed by atoms with Crippen molar-refractivity contribution < 1.29 is 42.9 Å². The van der Waals surface area contributed by atoms with E-state index in [1.807, 2.05) is 0 Å². The third-order valence-corrected chi connectivity index (χ3v) is 5.34. The highest BCUT2D eigenvalue weighted by molar-refractivity contribution is 6.08. The molecule has 2 aliphatic heterocycles. The van der Waals surface area contributed by atoms with Crippen molar-refractivity contribution in [3.05, 3.63) is 23.3 Å². The molecule has 164 valence electrons. The van der Waals surface area contributed by atoms with E-state index in [1.54, 1.807) is 19.1 Å². The lowest BCUT2D eigenvalue weighted by molar-refractivity contribution is -0.166. The van der Waals surface area contributed by atoms with Gasteiger partial charge in [-0.15, -0.1) is 0 Å². The number of hydrogen-bond acceptors (Lipinski definition) is 9. The molecule has 4 rings (SSSR count). The van der Waals surface area contributed by atoms with Gasteiger partial charge in [-0.25, -0.2) is 0 Å². The van der Waals surface area contributed by atoms with Crippen LogP contribution in [0.15, 0.2) is 12.1 Å². The van der Waals surface area contributed by atoms with Gasteiger partial charge in [0.05, 0.1) is 11.6 Å². The molecule has 10 nitrogen and oxygen atoms in total. The Morgan fingerprint density at radius 1 is 1.06 bits per heavy atom. The van der Waals surface area contributed by atoms with Crippen LogP contribution in [0.3, 0.4) is 0 Å². The van der Waals surface area contributed by atoms with Crippen LogP contribution in [-0.2, 0) is 23.9 Å². The van der Waals surface area contributed by atoms with Crippen molar-refractivity contribution >= 4 is 29.4 Å². The van der Waals surface area contributed by atoms with Crippen molar-refractivity contribution in [2.24, 2.45) is 5.92 Å². The zero-order chi connectivity index (χ0) is 22.4. The minimum Gasteiger partial charge on any atom is -0.458 e. The average Bonchev–Trinajstić information content (AvgIpc) is 3.13. The molecule has 1 aromatic rings. The standard InChI is InChI=1S/C21H21NO9/c1-8-17-13(6-15(29-9(2)23)18(8)30-10(3)24)12-5-14-19(28-7-27-14)20(31-11(4)25)16(12)21(26)22-17/h5-6,8,15,17-18H,7H2,1-4H3,(H,22,26)/t8-,15-,17?,18-/m0/s1. The summed E-state index contributed by atoms with van der Waals surface area (Å²) in [4.78, 5) is 48.1. The van der Waals surface area contributed by atoms with E-state index in [0.717, 1.165) is 0 Å². The van der Waals surface area contributed by atoms with Crippen molar-refractivity contribution in [1.29, 1.82) is 0 Å². The lowest BCUT2D eigenvalue weighted by atomic mass is 9.75. The van der Waals surface area contributed by atoms with Gasteiger partial charge in [-0.3, -0.25) is 19.2 Å². The Morgan fingerprint density at radius 3 is 2.42 bits per heavy atom. The van der Waals surface area contributed by atoms with Crippen LogP contribution < -0.4 is 19.5 Å². The molecule has 1 unspecified atom stereocenters. The first kappa shape index (κ1) is 20.7. The average molecular weight is 431 g/mol. The summed E-state index contributed by atoms with van der Waals surface area (Å²) in [5.41, 5.74) is 1.20. The summed E-state index contributed by atoms with van der Waals surface area (Å²) < 4.78 is 27.0. The van der Waals surface area contributed by atoms with Gasteiger partial charge in [0, 0.05) is 32.3 Å². The molecule has 0 saturated heterocycles. The molecule has 1 aromatic carbocycles. The summed E-state index contributed by atoms with van der Waals surface area (Å²) >= 11 is 0. The number of rotatable bonds is 3. The lowest BCUT2D eigenvalue weighted by Gasteiger charge is -2.42. The van der Waals surface area contributed by atoms with E-state index in [-0.39, 0.29) is 23.9 Å². The van der Waals surface area contributed by atoms with Gasteiger partial charge in [0.2, 0.25) is 12.5 Å². The highest BCUT2D eigenvalue weighted by Crippen LogP contribution is 2.50. The molecule has 0 saturated carbocycles. The van der Waals surface area contributed by atoms with Crippen molar-refractivity contribution in [2.75, 3.05) is 6.79 Å². The predicted octanol–water partition coefficient (Wildman–Crippen LogP) is 1.35. The number of ether oxygens (including phenoxy) is 5. The minimum absolute atomic E-state index is 0.0341.